The van der Waals surface area contributed by atoms with Crippen molar-refractivity contribution in [3.05, 3.63) is 0 Å². The third-order valence-corrected chi connectivity index (χ3v) is 0. The van der Waals surface area contributed by atoms with Crippen molar-refractivity contribution in [1.29, 1.82) is 0 Å². The van der Waals surface area contributed by atoms with Crippen LogP contribution in [0.2, 0.25) is 0 Å². The maximum Gasteiger partial charge on any atom is 1.00 e. The number of rotatable bonds is 0. The second kappa shape index (κ2) is 4.21. The van der Waals surface area contributed by atoms with Crippen LogP contribution in [-0.4, -0.2) is 25.4 Å². The van der Waals surface area contributed by atoms with Crippen molar-refractivity contribution in [3.63, 3.8) is 0 Å². The summed E-state index contributed by atoms with van der Waals surface area (Å²) in [6, 6.07) is 0. The van der Waals surface area contributed by atoms with Gasteiger partial charge in [0.25, 0.3) is 0 Å². The summed E-state index contributed by atoms with van der Waals surface area (Å²) in [5.74, 6) is 0. The Hall–Kier alpha value is 2.31. The van der Waals surface area contributed by atoms with Crippen LogP contribution in [0.25, 0.3) is 0 Å². The zero-order chi connectivity index (χ0) is 4.50. The van der Waals surface area contributed by atoms with Crippen LogP contribution in [-0.2, 0) is 4.57 Å². The molecule has 6 heteroatoms. The van der Waals surface area contributed by atoms with E-state index in [0.717, 1.165) is 0 Å². The van der Waals surface area contributed by atoms with Gasteiger partial charge >= 0.3 is 87.6 Å². The van der Waals surface area contributed by atoms with Gasteiger partial charge in [-0.1, -0.05) is 0 Å². The molecule has 0 saturated carbocycles. The van der Waals surface area contributed by atoms with Gasteiger partial charge in [-0.25, -0.2) is 0 Å². The van der Waals surface area contributed by atoms with Crippen LogP contribution >= 0.6 is 6.29 Å². The molecule has 0 radical (unpaired) electrons. The van der Waals surface area contributed by atoms with Gasteiger partial charge in [0.05, 0.1) is 0 Å². The Balaban J connectivity index is -0.0000000800. The van der Waals surface area contributed by atoms with E-state index in [0.29, 0.717) is 0 Å². The summed E-state index contributed by atoms with van der Waals surface area (Å²) in [5, 5.41) is 0. The van der Waals surface area contributed by atoms with Crippen molar-refractivity contribution in [2.24, 2.45) is 0 Å². The fourth-order valence-corrected chi connectivity index (χ4v) is 0. The van der Waals surface area contributed by atoms with Crippen LogP contribution in [0.5, 0.6) is 0 Å². The summed E-state index contributed by atoms with van der Waals surface area (Å²) >= 11 is 1.25. The third kappa shape index (κ3) is 33.4. The van der Waals surface area contributed by atoms with E-state index in [1.54, 1.807) is 0 Å². The van der Waals surface area contributed by atoms with Gasteiger partial charge in [0.1, 0.15) is 0 Å². The second-order valence-corrected chi connectivity index (χ2v) is 4.82. The predicted octanol–water partition coefficient (Wildman–Crippen LogP) is -3.90. The molecule has 0 rings (SSSR count). The minimum Gasteiger partial charge on any atom is -1.00 e. The monoisotopic (exact) mass is 202 g/mol. The van der Waals surface area contributed by atoms with Gasteiger partial charge in [-0.3, -0.25) is 0 Å². The largest absolute Gasteiger partial charge is 1.00 e. The first kappa shape index (κ1) is 11.1. The van der Waals surface area contributed by atoms with Gasteiger partial charge in [0.15, 0.2) is 0 Å². The maximum absolute atomic E-state index is 9.30. The predicted molar refractivity (Wildman–Crippen MR) is 20.3 cm³/mol. The van der Waals surface area contributed by atoms with Gasteiger partial charge < -0.3 is 1.43 Å². The molecule has 0 aliphatic carbocycles. The van der Waals surface area contributed by atoms with Gasteiger partial charge in [0.2, 0.25) is 0 Å². The van der Waals surface area contributed by atoms with Crippen LogP contribution < -0.4 is 51.4 Å². The summed E-state index contributed by atoms with van der Waals surface area (Å²) in [6.07, 6.45) is -3.70. The first-order valence-electron chi connectivity index (χ1n) is 0.783. The van der Waals surface area contributed by atoms with Crippen LogP contribution in [0.3, 0.4) is 0 Å². The minimum absolute atomic E-state index is 0. The molecule has 0 amide bonds. The van der Waals surface area contributed by atoms with E-state index in [9.17, 15) is 4.57 Å². The molecule has 2 N–H and O–H groups in total. The normalized spacial score (nSPS) is 9.83. The molecule has 0 saturated heterocycles. The van der Waals surface area contributed by atoms with Crippen LogP contribution in [0.15, 0.2) is 0 Å². The molecular formula is H4KO3PSe. The fourth-order valence-electron chi connectivity index (χ4n) is 0. The fraction of sp³-hybridized carbons (Fsp3) is 0. The summed E-state index contributed by atoms with van der Waals surface area (Å²) in [6.45, 7) is 0. The first-order valence-corrected chi connectivity index (χ1v) is 4.87. The average molecular weight is 201 g/mol. The SMILES string of the molecule is O=P(O)(O)[SeH].[H-].[K+]. The standard InChI is InChI=1S/K.H3O3PSe.H/c;1-4(2,3)5;/h;(H3,1,2,3,5);/q+1;;-1. The molecule has 0 aliphatic heterocycles. The maximum atomic E-state index is 9.30. The molecule has 0 aromatic heterocycles. The molecule has 0 fully saturated rings. The first-order chi connectivity index (χ1) is 2.00. The Bertz CT molecular complexity index is 61.1. The molecule has 3 nitrogen and oxygen atoms in total. The van der Waals surface area contributed by atoms with Crippen molar-refractivity contribution in [1.82, 2.24) is 0 Å². The summed E-state index contributed by atoms with van der Waals surface area (Å²) < 4.78 is 9.30. The van der Waals surface area contributed by atoms with Crippen LogP contribution in [0.4, 0.5) is 0 Å². The zero-order valence-corrected chi connectivity index (χ0v) is 9.09. The van der Waals surface area contributed by atoms with E-state index in [2.05, 4.69) is 0 Å². The van der Waals surface area contributed by atoms with Gasteiger partial charge in [0, 0.05) is 0 Å². The molecule has 0 aromatic carbocycles. The number of hydrogen-bond acceptors (Lipinski definition) is 1. The molecule has 34 valence electrons. The Labute approximate surface area is 87.4 Å². The summed E-state index contributed by atoms with van der Waals surface area (Å²) in [4.78, 5) is 15.2. The Morgan fingerprint density at radius 3 is 1.67 bits per heavy atom. The summed E-state index contributed by atoms with van der Waals surface area (Å²) in [5.41, 5.74) is 0. The van der Waals surface area contributed by atoms with Crippen molar-refractivity contribution in [2.45, 2.75) is 0 Å². The zero-order valence-electron chi connectivity index (χ0n) is 4.20. The minimum atomic E-state index is -3.70. The molecule has 0 heterocycles. The molecule has 0 aliphatic rings. The quantitative estimate of drug-likeness (QED) is 0.311. The average Bonchev–Trinajstić information content (AvgIpc) is 0.722. The van der Waals surface area contributed by atoms with Gasteiger partial charge in [-0.05, 0) is 0 Å². The van der Waals surface area contributed by atoms with Crippen LogP contribution in [0.1, 0.15) is 1.43 Å². The molecule has 6 heavy (non-hydrogen) atoms. The van der Waals surface area contributed by atoms with E-state index < -0.39 is 6.29 Å². The molecule has 0 atom stereocenters. The van der Waals surface area contributed by atoms with E-state index in [1.165, 1.54) is 15.6 Å². The molecule has 0 spiro atoms. The molecular weight excluding hydrogens is 197 g/mol. The molecule has 0 unspecified atom stereocenters. The van der Waals surface area contributed by atoms with E-state index in [4.69, 9.17) is 9.79 Å². The van der Waals surface area contributed by atoms with Crippen LogP contribution in [0, 0.1) is 0 Å². The van der Waals surface area contributed by atoms with E-state index in [1.807, 2.05) is 0 Å². The van der Waals surface area contributed by atoms with Crippen molar-refractivity contribution in [3.8, 4) is 0 Å². The van der Waals surface area contributed by atoms with Gasteiger partial charge in [-0.2, -0.15) is 0 Å². The number of hydrogen-bond donors (Lipinski definition) is 2. The second-order valence-electron chi connectivity index (χ2n) is 0.513. The Kier molecular flexibility index (Phi) is 7.82. The van der Waals surface area contributed by atoms with E-state index >= 15 is 0 Å². The third-order valence-electron chi connectivity index (χ3n) is 0. The van der Waals surface area contributed by atoms with Crippen molar-refractivity contribution in [2.75, 3.05) is 0 Å². The van der Waals surface area contributed by atoms with Crippen molar-refractivity contribution < 1.29 is 67.2 Å². The van der Waals surface area contributed by atoms with E-state index in [-0.39, 0.29) is 52.8 Å². The van der Waals surface area contributed by atoms with Gasteiger partial charge in [-0.15, -0.1) is 0 Å². The Morgan fingerprint density at radius 1 is 1.67 bits per heavy atom. The molecule has 0 aromatic rings. The summed E-state index contributed by atoms with van der Waals surface area (Å²) in [7, 11) is 0. The molecule has 0 bridgehead atoms. The smallest absolute Gasteiger partial charge is 1.00 e. The van der Waals surface area contributed by atoms with Crippen molar-refractivity contribution >= 4 is 21.9 Å². The topological polar surface area (TPSA) is 57.5 Å². The Morgan fingerprint density at radius 2 is 1.67 bits per heavy atom.